The maximum atomic E-state index is 3.48. The maximum Gasteiger partial charge on any atom is 0.0534 e. The molecule has 0 saturated heterocycles. The number of rotatable bonds is 4. The highest BCUT2D eigenvalue weighted by molar-refractivity contribution is 5.62. The van der Waals surface area contributed by atoms with Crippen LogP contribution in [0.25, 0.3) is 0 Å². The van der Waals surface area contributed by atoms with Crippen LogP contribution in [0.5, 0.6) is 0 Å². The second-order valence-corrected chi connectivity index (χ2v) is 3.78. The second-order valence-electron chi connectivity index (χ2n) is 3.78. The molecule has 0 fully saturated rings. The average Bonchev–Trinajstić information content (AvgIpc) is 2.13. The Labute approximate surface area is 80.2 Å². The third-order valence-electron chi connectivity index (χ3n) is 2.76. The van der Waals surface area contributed by atoms with Crippen LogP contribution in [-0.4, -0.2) is 0 Å². The van der Waals surface area contributed by atoms with Gasteiger partial charge in [-0.05, 0) is 18.1 Å². The van der Waals surface area contributed by atoms with Gasteiger partial charge in [-0.15, -0.1) is 0 Å². The summed E-state index contributed by atoms with van der Waals surface area (Å²) in [7, 11) is 0. The number of hydrogen-bond acceptors (Lipinski definition) is 1. The Hall–Kier alpha value is -0.980. The fourth-order valence-corrected chi connectivity index (χ4v) is 1.95. The van der Waals surface area contributed by atoms with Gasteiger partial charge in [0.25, 0.3) is 0 Å². The fraction of sp³-hybridized carbons (Fsp3) is 0.500. The number of unbranched alkanes of at least 4 members (excludes halogenated alkanes) is 2. The highest BCUT2D eigenvalue weighted by atomic mass is 15.0. The van der Waals surface area contributed by atoms with Gasteiger partial charge in [-0.1, -0.05) is 44.4 Å². The summed E-state index contributed by atoms with van der Waals surface area (Å²) in [6.45, 7) is 2.25. The smallest absolute Gasteiger partial charge is 0.0534 e. The van der Waals surface area contributed by atoms with Crippen LogP contribution in [0.3, 0.4) is 0 Å². The molecule has 70 valence electrons. The summed E-state index contributed by atoms with van der Waals surface area (Å²) in [5.74, 6) is 0. The van der Waals surface area contributed by atoms with Gasteiger partial charge in [-0.2, -0.15) is 0 Å². The zero-order chi connectivity index (χ0) is 9.10. The molecule has 0 bridgehead atoms. The number of anilines is 1. The van der Waals surface area contributed by atoms with Gasteiger partial charge in [0, 0.05) is 5.69 Å². The lowest BCUT2D eigenvalue weighted by atomic mass is 9.92. The van der Waals surface area contributed by atoms with E-state index in [2.05, 4.69) is 36.5 Å². The summed E-state index contributed by atoms with van der Waals surface area (Å²) in [5, 5.41) is 3.48. The van der Waals surface area contributed by atoms with Crippen molar-refractivity contribution < 1.29 is 0 Å². The van der Waals surface area contributed by atoms with Gasteiger partial charge < -0.3 is 5.32 Å². The molecule has 1 heterocycles. The first-order chi connectivity index (χ1) is 6.42. The van der Waals surface area contributed by atoms with E-state index >= 15 is 0 Å². The Morgan fingerprint density at radius 2 is 2.08 bits per heavy atom. The minimum Gasteiger partial charge on any atom is -0.378 e. The molecular formula is C12H17N. The van der Waals surface area contributed by atoms with Gasteiger partial charge in [0.2, 0.25) is 0 Å². The van der Waals surface area contributed by atoms with Crippen LogP contribution in [0.15, 0.2) is 24.3 Å². The van der Waals surface area contributed by atoms with Crippen molar-refractivity contribution in [3.63, 3.8) is 0 Å². The summed E-state index contributed by atoms with van der Waals surface area (Å²) in [5.41, 5.74) is 2.85. The molecule has 1 aromatic rings. The molecule has 1 aliphatic heterocycles. The highest BCUT2D eigenvalue weighted by Crippen LogP contribution is 2.38. The van der Waals surface area contributed by atoms with Gasteiger partial charge in [0.15, 0.2) is 0 Å². The topological polar surface area (TPSA) is 12.0 Å². The van der Waals surface area contributed by atoms with Crippen LogP contribution >= 0.6 is 0 Å². The molecule has 1 atom stereocenters. The van der Waals surface area contributed by atoms with Crippen molar-refractivity contribution in [2.24, 2.45) is 0 Å². The minimum absolute atomic E-state index is 0.641. The van der Waals surface area contributed by atoms with E-state index in [1.165, 1.54) is 36.9 Å². The fourth-order valence-electron chi connectivity index (χ4n) is 1.95. The zero-order valence-corrected chi connectivity index (χ0v) is 8.22. The predicted octanol–water partition coefficient (Wildman–Crippen LogP) is 3.73. The van der Waals surface area contributed by atoms with Crippen molar-refractivity contribution in [3.8, 4) is 0 Å². The summed E-state index contributed by atoms with van der Waals surface area (Å²) in [4.78, 5) is 0. The van der Waals surface area contributed by atoms with Crippen molar-refractivity contribution >= 4 is 5.69 Å². The number of nitrogens with one attached hydrogen (secondary N) is 1. The molecule has 1 unspecified atom stereocenters. The summed E-state index contributed by atoms with van der Waals surface area (Å²) >= 11 is 0. The van der Waals surface area contributed by atoms with E-state index in [-0.39, 0.29) is 0 Å². The third-order valence-corrected chi connectivity index (χ3v) is 2.76. The summed E-state index contributed by atoms with van der Waals surface area (Å²) in [6, 6.07) is 9.26. The normalized spacial score (nSPS) is 18.7. The molecule has 1 aromatic carbocycles. The largest absolute Gasteiger partial charge is 0.378 e. The van der Waals surface area contributed by atoms with Crippen LogP contribution in [0.1, 0.15) is 44.2 Å². The zero-order valence-electron chi connectivity index (χ0n) is 8.22. The predicted molar refractivity (Wildman–Crippen MR) is 56.9 cm³/mol. The molecule has 1 nitrogen and oxygen atoms in total. The van der Waals surface area contributed by atoms with E-state index in [0.717, 1.165) is 0 Å². The van der Waals surface area contributed by atoms with Gasteiger partial charge in [-0.3, -0.25) is 0 Å². The number of fused-ring (bicyclic) bond motifs is 1. The molecule has 0 aliphatic carbocycles. The Balaban J connectivity index is 1.87. The van der Waals surface area contributed by atoms with Gasteiger partial charge in [0.05, 0.1) is 6.04 Å². The van der Waals surface area contributed by atoms with E-state index in [1.807, 2.05) is 0 Å². The molecule has 0 saturated carbocycles. The Bertz CT molecular complexity index is 280. The SMILES string of the molecule is CCCCCC1Nc2ccccc21. The molecular weight excluding hydrogens is 158 g/mol. The molecule has 0 amide bonds. The van der Waals surface area contributed by atoms with Crippen LogP contribution in [0, 0.1) is 0 Å². The van der Waals surface area contributed by atoms with Crippen molar-refractivity contribution in [3.05, 3.63) is 29.8 Å². The molecule has 1 N–H and O–H groups in total. The van der Waals surface area contributed by atoms with Crippen LogP contribution < -0.4 is 5.32 Å². The van der Waals surface area contributed by atoms with Crippen LogP contribution in [0.2, 0.25) is 0 Å². The molecule has 1 aliphatic rings. The molecule has 0 radical (unpaired) electrons. The number of hydrogen-bond donors (Lipinski definition) is 1. The van der Waals surface area contributed by atoms with Crippen molar-refractivity contribution in [1.29, 1.82) is 0 Å². The Kier molecular flexibility index (Phi) is 2.53. The molecule has 0 spiro atoms. The molecule has 0 aromatic heterocycles. The highest BCUT2D eigenvalue weighted by Gasteiger charge is 2.23. The lowest BCUT2D eigenvalue weighted by Gasteiger charge is -2.32. The quantitative estimate of drug-likeness (QED) is 0.687. The van der Waals surface area contributed by atoms with Gasteiger partial charge in [0.1, 0.15) is 0 Å². The van der Waals surface area contributed by atoms with Crippen molar-refractivity contribution in [2.45, 2.75) is 38.6 Å². The Morgan fingerprint density at radius 1 is 1.23 bits per heavy atom. The second kappa shape index (κ2) is 3.82. The third kappa shape index (κ3) is 1.69. The average molecular weight is 175 g/mol. The maximum absolute atomic E-state index is 3.48. The lowest BCUT2D eigenvalue weighted by molar-refractivity contribution is 0.586. The van der Waals surface area contributed by atoms with Gasteiger partial charge in [-0.25, -0.2) is 0 Å². The van der Waals surface area contributed by atoms with E-state index < -0.39 is 0 Å². The standard InChI is InChI=1S/C12H17N/c1-2-3-4-8-11-10-7-5-6-9-12(10)13-11/h5-7,9,11,13H,2-4,8H2,1H3. The molecule has 2 rings (SSSR count). The van der Waals surface area contributed by atoms with Crippen molar-refractivity contribution in [1.82, 2.24) is 0 Å². The monoisotopic (exact) mass is 175 g/mol. The summed E-state index contributed by atoms with van der Waals surface area (Å²) in [6.07, 6.45) is 5.32. The molecule has 13 heavy (non-hydrogen) atoms. The van der Waals surface area contributed by atoms with Crippen LogP contribution in [-0.2, 0) is 0 Å². The first-order valence-corrected chi connectivity index (χ1v) is 5.27. The molecule has 1 heteroatoms. The minimum atomic E-state index is 0.641. The first-order valence-electron chi connectivity index (χ1n) is 5.27. The van der Waals surface area contributed by atoms with E-state index in [4.69, 9.17) is 0 Å². The van der Waals surface area contributed by atoms with E-state index in [1.54, 1.807) is 0 Å². The van der Waals surface area contributed by atoms with Crippen molar-refractivity contribution in [2.75, 3.05) is 5.32 Å². The van der Waals surface area contributed by atoms with Crippen LogP contribution in [0.4, 0.5) is 5.69 Å². The number of benzene rings is 1. The van der Waals surface area contributed by atoms with E-state index in [0.29, 0.717) is 6.04 Å². The summed E-state index contributed by atoms with van der Waals surface area (Å²) < 4.78 is 0. The first kappa shape index (κ1) is 8.61. The van der Waals surface area contributed by atoms with E-state index in [9.17, 15) is 0 Å². The Morgan fingerprint density at radius 3 is 2.85 bits per heavy atom. The lowest BCUT2D eigenvalue weighted by Crippen LogP contribution is -2.22. The number of para-hydroxylation sites is 1. The van der Waals surface area contributed by atoms with Gasteiger partial charge >= 0.3 is 0 Å².